The number of anilines is 2. The molecule has 0 atom stereocenters. The van der Waals surface area contributed by atoms with Crippen molar-refractivity contribution in [3.05, 3.63) is 65.7 Å². The van der Waals surface area contributed by atoms with Gasteiger partial charge in [0.1, 0.15) is 6.29 Å². The molecule has 0 saturated carbocycles. The first-order chi connectivity index (χ1) is 9.70. The van der Waals surface area contributed by atoms with Crippen LogP contribution in [-0.2, 0) is 4.79 Å². The van der Waals surface area contributed by atoms with Gasteiger partial charge in [-0.3, -0.25) is 9.59 Å². The predicted octanol–water partition coefficient (Wildman–Crippen LogP) is 2.73. The molecule has 0 aromatic heterocycles. The van der Waals surface area contributed by atoms with Crippen LogP contribution in [0.1, 0.15) is 15.9 Å². The van der Waals surface area contributed by atoms with Crippen molar-refractivity contribution in [2.24, 2.45) is 0 Å². The Morgan fingerprint density at radius 3 is 2.40 bits per heavy atom. The van der Waals surface area contributed by atoms with Gasteiger partial charge in [-0.2, -0.15) is 0 Å². The van der Waals surface area contributed by atoms with Gasteiger partial charge in [0.25, 0.3) is 5.91 Å². The van der Waals surface area contributed by atoms with Crippen molar-refractivity contribution in [3.63, 3.8) is 0 Å². The molecule has 1 amide bonds. The largest absolute Gasteiger partial charge is 0.397 e. The van der Waals surface area contributed by atoms with Gasteiger partial charge in [0.05, 0.1) is 11.4 Å². The number of amides is 1. The first-order valence-corrected chi connectivity index (χ1v) is 6.08. The zero-order chi connectivity index (χ0) is 14.4. The van der Waals surface area contributed by atoms with Crippen molar-refractivity contribution >= 4 is 29.6 Å². The summed E-state index contributed by atoms with van der Waals surface area (Å²) in [7, 11) is 0. The van der Waals surface area contributed by atoms with Crippen LogP contribution < -0.4 is 11.1 Å². The molecule has 2 rings (SSSR count). The maximum absolute atomic E-state index is 12.1. The molecule has 0 unspecified atom stereocenters. The normalized spacial score (nSPS) is 10.4. The molecule has 0 heterocycles. The van der Waals surface area contributed by atoms with Crippen LogP contribution in [0.2, 0.25) is 0 Å². The van der Waals surface area contributed by atoms with Crippen LogP contribution >= 0.6 is 0 Å². The number of hydrogen-bond donors (Lipinski definition) is 2. The van der Waals surface area contributed by atoms with Crippen LogP contribution in [0, 0.1) is 0 Å². The number of carbonyl (C=O) groups excluding carboxylic acids is 2. The van der Waals surface area contributed by atoms with Gasteiger partial charge in [0, 0.05) is 5.56 Å². The van der Waals surface area contributed by atoms with E-state index >= 15 is 0 Å². The highest BCUT2D eigenvalue weighted by Gasteiger charge is 2.07. The Kier molecular flexibility index (Phi) is 4.29. The average Bonchev–Trinajstić information content (AvgIpc) is 2.48. The first-order valence-electron chi connectivity index (χ1n) is 6.08. The van der Waals surface area contributed by atoms with Gasteiger partial charge in [-0.1, -0.05) is 30.3 Å². The molecule has 3 N–H and O–H groups in total. The molecule has 0 spiro atoms. The van der Waals surface area contributed by atoms with Gasteiger partial charge >= 0.3 is 0 Å². The second-order valence-electron chi connectivity index (χ2n) is 4.16. The Morgan fingerprint density at radius 2 is 1.75 bits per heavy atom. The van der Waals surface area contributed by atoms with Crippen molar-refractivity contribution in [3.8, 4) is 0 Å². The fraction of sp³-hybridized carbons (Fsp3) is 0. The summed E-state index contributed by atoms with van der Waals surface area (Å²) in [6.45, 7) is 0. The van der Waals surface area contributed by atoms with Crippen LogP contribution in [0.4, 0.5) is 11.4 Å². The summed E-state index contributed by atoms with van der Waals surface area (Å²) in [6.07, 6.45) is 3.78. The lowest BCUT2D eigenvalue weighted by molar-refractivity contribution is -0.104. The van der Waals surface area contributed by atoms with E-state index in [0.717, 1.165) is 5.56 Å². The van der Waals surface area contributed by atoms with Crippen molar-refractivity contribution in [1.82, 2.24) is 0 Å². The zero-order valence-electron chi connectivity index (χ0n) is 10.7. The van der Waals surface area contributed by atoms with Crippen LogP contribution in [0.25, 0.3) is 6.08 Å². The van der Waals surface area contributed by atoms with E-state index in [9.17, 15) is 9.59 Å². The molecule has 2 aromatic carbocycles. The maximum Gasteiger partial charge on any atom is 0.255 e. The predicted molar refractivity (Wildman–Crippen MR) is 80.3 cm³/mol. The second-order valence-corrected chi connectivity index (χ2v) is 4.16. The van der Waals surface area contributed by atoms with E-state index in [1.54, 1.807) is 54.6 Å². The molecule has 4 nitrogen and oxygen atoms in total. The lowest BCUT2D eigenvalue weighted by Crippen LogP contribution is -2.12. The van der Waals surface area contributed by atoms with E-state index in [0.29, 0.717) is 23.2 Å². The Hall–Kier alpha value is -2.88. The van der Waals surface area contributed by atoms with E-state index in [-0.39, 0.29) is 5.91 Å². The molecular formula is C16H14N2O2. The summed E-state index contributed by atoms with van der Waals surface area (Å²) < 4.78 is 0. The van der Waals surface area contributed by atoms with Crippen LogP contribution in [0.15, 0.2) is 54.6 Å². The minimum absolute atomic E-state index is 0.228. The van der Waals surface area contributed by atoms with Gasteiger partial charge < -0.3 is 11.1 Å². The fourth-order valence-electron chi connectivity index (χ4n) is 1.70. The van der Waals surface area contributed by atoms with E-state index in [1.807, 2.05) is 0 Å². The third-order valence-electron chi connectivity index (χ3n) is 2.75. The maximum atomic E-state index is 12.1. The number of hydrogen-bond acceptors (Lipinski definition) is 3. The van der Waals surface area contributed by atoms with Gasteiger partial charge in [-0.05, 0) is 35.9 Å². The number of benzene rings is 2. The molecule has 20 heavy (non-hydrogen) atoms. The number of nitrogens with one attached hydrogen (secondary N) is 1. The number of aldehydes is 1. The summed E-state index contributed by atoms with van der Waals surface area (Å²) in [5.41, 5.74) is 8.25. The van der Waals surface area contributed by atoms with Crippen molar-refractivity contribution in [2.75, 3.05) is 11.1 Å². The van der Waals surface area contributed by atoms with Crippen molar-refractivity contribution in [1.29, 1.82) is 0 Å². The summed E-state index contributed by atoms with van der Waals surface area (Å²) in [5.74, 6) is -0.228. The molecule has 0 aliphatic rings. The Labute approximate surface area is 116 Å². The number of nitrogen functional groups attached to an aromatic ring is 1. The highest BCUT2D eigenvalue weighted by atomic mass is 16.1. The molecule has 0 aliphatic heterocycles. The number of carbonyl (C=O) groups is 2. The zero-order valence-corrected chi connectivity index (χ0v) is 10.7. The monoisotopic (exact) mass is 266 g/mol. The van der Waals surface area contributed by atoms with E-state index in [1.165, 1.54) is 6.08 Å². The minimum atomic E-state index is -0.228. The Morgan fingerprint density at radius 1 is 1.05 bits per heavy atom. The molecule has 100 valence electrons. The highest BCUT2D eigenvalue weighted by molar-refractivity contribution is 6.05. The van der Waals surface area contributed by atoms with Crippen LogP contribution in [0.5, 0.6) is 0 Å². The molecule has 0 saturated heterocycles. The van der Waals surface area contributed by atoms with Crippen LogP contribution in [-0.4, -0.2) is 12.2 Å². The number of rotatable bonds is 4. The standard InChI is InChI=1S/C16H14N2O2/c17-14-5-1-2-6-15(14)18-16(20)13-9-7-12(8-10-13)4-3-11-19/h1-11H,17H2,(H,18,20)/b4-3+. The molecule has 0 bridgehead atoms. The summed E-state index contributed by atoms with van der Waals surface area (Å²) in [4.78, 5) is 22.3. The third-order valence-corrected chi connectivity index (χ3v) is 2.75. The smallest absolute Gasteiger partial charge is 0.255 e. The van der Waals surface area contributed by atoms with Crippen LogP contribution in [0.3, 0.4) is 0 Å². The molecule has 4 heteroatoms. The number of para-hydroxylation sites is 2. The lowest BCUT2D eigenvalue weighted by Gasteiger charge is -2.07. The minimum Gasteiger partial charge on any atom is -0.397 e. The van der Waals surface area contributed by atoms with Crippen molar-refractivity contribution < 1.29 is 9.59 Å². The van der Waals surface area contributed by atoms with Gasteiger partial charge in [0.2, 0.25) is 0 Å². The average molecular weight is 266 g/mol. The van der Waals surface area contributed by atoms with E-state index < -0.39 is 0 Å². The lowest BCUT2D eigenvalue weighted by atomic mass is 10.1. The third kappa shape index (κ3) is 3.32. The van der Waals surface area contributed by atoms with E-state index in [4.69, 9.17) is 5.73 Å². The summed E-state index contributed by atoms with van der Waals surface area (Å²) in [6, 6.07) is 14.0. The summed E-state index contributed by atoms with van der Waals surface area (Å²) >= 11 is 0. The molecule has 2 aromatic rings. The Balaban J connectivity index is 2.12. The van der Waals surface area contributed by atoms with Gasteiger partial charge in [0.15, 0.2) is 0 Å². The molecule has 0 radical (unpaired) electrons. The van der Waals surface area contributed by atoms with Gasteiger partial charge in [-0.25, -0.2) is 0 Å². The SMILES string of the molecule is Nc1ccccc1NC(=O)c1ccc(/C=C/C=O)cc1. The fourth-order valence-corrected chi connectivity index (χ4v) is 1.70. The van der Waals surface area contributed by atoms with E-state index in [2.05, 4.69) is 5.32 Å². The second kappa shape index (κ2) is 6.33. The Bertz CT molecular complexity index is 646. The molecule has 0 aliphatic carbocycles. The summed E-state index contributed by atoms with van der Waals surface area (Å²) in [5, 5.41) is 2.75. The molecule has 0 fully saturated rings. The number of nitrogens with two attached hydrogens (primary N) is 1. The highest BCUT2D eigenvalue weighted by Crippen LogP contribution is 2.18. The number of allylic oxidation sites excluding steroid dienone is 1. The van der Waals surface area contributed by atoms with Crippen molar-refractivity contribution in [2.45, 2.75) is 0 Å². The van der Waals surface area contributed by atoms with Gasteiger partial charge in [-0.15, -0.1) is 0 Å². The first kappa shape index (κ1) is 13.5. The molecular weight excluding hydrogens is 252 g/mol. The quantitative estimate of drug-likeness (QED) is 0.507. The topological polar surface area (TPSA) is 72.2 Å².